The number of guanidine groups is 1. The number of aliphatic imine (C=N–C) groups is 1. The Balaban J connectivity index is 1.45. The lowest BCUT2D eigenvalue weighted by molar-refractivity contribution is -0.133. The van der Waals surface area contributed by atoms with Gasteiger partial charge >= 0.3 is 0 Å². The predicted octanol–water partition coefficient (Wildman–Crippen LogP) is 0.969. The number of fused-ring (bicyclic) bond motifs is 1. The first kappa shape index (κ1) is 19.6. The van der Waals surface area contributed by atoms with Crippen LogP contribution in [-0.4, -0.2) is 64.3 Å². The number of carbonyl (C=O) groups excluding carboxylic acids is 1. The Morgan fingerprint density at radius 1 is 1.26 bits per heavy atom. The van der Waals surface area contributed by atoms with Gasteiger partial charge in [-0.15, -0.1) is 10.2 Å². The fraction of sp³-hybridized carbons (Fsp3) is 0.789. The fourth-order valence-corrected chi connectivity index (χ4v) is 3.85. The Morgan fingerprint density at radius 2 is 2.11 bits per heavy atom. The minimum absolute atomic E-state index is 0.0551. The highest BCUT2D eigenvalue weighted by molar-refractivity contribution is 5.81. The van der Waals surface area contributed by atoms with Crippen LogP contribution in [0, 0.1) is 5.92 Å². The molecule has 1 aromatic heterocycles. The van der Waals surface area contributed by atoms with Crippen LogP contribution in [0.1, 0.15) is 51.2 Å². The first-order valence-electron chi connectivity index (χ1n) is 10.3. The summed E-state index contributed by atoms with van der Waals surface area (Å²) in [7, 11) is 1.78. The van der Waals surface area contributed by atoms with E-state index in [1.165, 1.54) is 19.3 Å². The molecule has 2 aliphatic heterocycles. The van der Waals surface area contributed by atoms with Crippen LogP contribution in [0.15, 0.2) is 4.99 Å². The van der Waals surface area contributed by atoms with E-state index in [4.69, 9.17) is 0 Å². The highest BCUT2D eigenvalue weighted by atomic mass is 16.2. The molecule has 2 N–H and O–H groups in total. The molecule has 3 heterocycles. The average Bonchev–Trinajstić information content (AvgIpc) is 3.20. The van der Waals surface area contributed by atoms with Crippen molar-refractivity contribution in [2.75, 3.05) is 26.7 Å². The molecule has 150 valence electrons. The first-order chi connectivity index (χ1) is 13.1. The summed E-state index contributed by atoms with van der Waals surface area (Å²) in [6.07, 6.45) is 6.52. The molecule has 1 saturated heterocycles. The van der Waals surface area contributed by atoms with Crippen LogP contribution >= 0.6 is 0 Å². The maximum absolute atomic E-state index is 12.1. The summed E-state index contributed by atoms with van der Waals surface area (Å²) in [6.45, 7) is 7.27. The Kier molecular flexibility index (Phi) is 6.68. The van der Waals surface area contributed by atoms with E-state index in [9.17, 15) is 4.79 Å². The molecule has 0 aromatic carbocycles. The van der Waals surface area contributed by atoms with E-state index in [0.29, 0.717) is 0 Å². The lowest BCUT2D eigenvalue weighted by atomic mass is 10.2. The van der Waals surface area contributed by atoms with Gasteiger partial charge in [-0.05, 0) is 19.3 Å². The van der Waals surface area contributed by atoms with Gasteiger partial charge in [0.1, 0.15) is 11.6 Å². The molecule has 3 rings (SSSR count). The minimum atomic E-state index is 0.0551. The van der Waals surface area contributed by atoms with Crippen LogP contribution in [0.2, 0.25) is 0 Å². The van der Waals surface area contributed by atoms with E-state index in [-0.39, 0.29) is 17.9 Å². The third-order valence-corrected chi connectivity index (χ3v) is 5.39. The molecule has 1 amide bonds. The van der Waals surface area contributed by atoms with Gasteiger partial charge in [0.15, 0.2) is 5.96 Å². The van der Waals surface area contributed by atoms with Gasteiger partial charge in [0.25, 0.3) is 0 Å². The zero-order valence-electron chi connectivity index (χ0n) is 16.9. The summed E-state index contributed by atoms with van der Waals surface area (Å²) in [4.78, 5) is 18.4. The lowest BCUT2D eigenvalue weighted by Gasteiger charge is -2.20. The van der Waals surface area contributed by atoms with Gasteiger partial charge in [-0.1, -0.05) is 20.3 Å². The number of likely N-dealkylation sites (tertiary alicyclic amines) is 1. The third-order valence-electron chi connectivity index (χ3n) is 5.39. The summed E-state index contributed by atoms with van der Waals surface area (Å²) in [6, 6.07) is 0.253. The second kappa shape index (κ2) is 9.19. The van der Waals surface area contributed by atoms with Crippen molar-refractivity contribution < 1.29 is 4.79 Å². The average molecular weight is 376 g/mol. The Bertz CT molecular complexity index is 667. The molecule has 1 aromatic rings. The fourth-order valence-electron chi connectivity index (χ4n) is 3.85. The molecule has 2 aliphatic rings. The summed E-state index contributed by atoms with van der Waals surface area (Å²) in [5.41, 5.74) is 0. The number of carbonyl (C=O) groups is 1. The molecule has 0 radical (unpaired) electrons. The number of aryl methyl sites for hydroxylation is 1. The molecule has 27 heavy (non-hydrogen) atoms. The molecule has 8 heteroatoms. The van der Waals surface area contributed by atoms with Crippen molar-refractivity contribution in [2.24, 2.45) is 10.9 Å². The molecular weight excluding hydrogens is 342 g/mol. The molecule has 0 spiro atoms. The molecular formula is C19H33N7O. The SMILES string of the molecule is CN=C(NCCc1nnc2n1CCCCC2)NC1CCN(C(=O)C(C)C)C1. The molecule has 0 saturated carbocycles. The van der Waals surface area contributed by atoms with Crippen LogP contribution in [-0.2, 0) is 24.2 Å². The standard InChI is InChI=1S/C19H33N7O/c1-14(2)18(27)25-12-9-15(13-25)22-19(20-3)21-10-8-17-24-23-16-7-5-4-6-11-26(16)17/h14-15H,4-13H2,1-3H3,(H2,20,21,22). The third kappa shape index (κ3) is 4.99. The van der Waals surface area contributed by atoms with Crippen molar-refractivity contribution in [1.29, 1.82) is 0 Å². The van der Waals surface area contributed by atoms with Crippen molar-refractivity contribution in [3.8, 4) is 0 Å². The summed E-state index contributed by atoms with van der Waals surface area (Å²) in [5.74, 6) is 3.26. The van der Waals surface area contributed by atoms with Gasteiger partial charge in [-0.2, -0.15) is 0 Å². The molecule has 1 fully saturated rings. The number of hydrogen-bond donors (Lipinski definition) is 2. The number of rotatable bonds is 5. The number of amides is 1. The highest BCUT2D eigenvalue weighted by Gasteiger charge is 2.28. The second-order valence-electron chi connectivity index (χ2n) is 7.81. The smallest absolute Gasteiger partial charge is 0.225 e. The largest absolute Gasteiger partial charge is 0.356 e. The van der Waals surface area contributed by atoms with Crippen molar-refractivity contribution >= 4 is 11.9 Å². The van der Waals surface area contributed by atoms with Gasteiger partial charge in [-0.25, -0.2) is 0 Å². The van der Waals surface area contributed by atoms with Gasteiger partial charge < -0.3 is 20.1 Å². The van der Waals surface area contributed by atoms with Crippen LogP contribution in [0.5, 0.6) is 0 Å². The monoisotopic (exact) mass is 375 g/mol. The summed E-state index contributed by atoms with van der Waals surface area (Å²) in [5, 5.41) is 15.6. The van der Waals surface area contributed by atoms with Crippen molar-refractivity contribution in [2.45, 2.75) is 65.0 Å². The summed E-state index contributed by atoms with van der Waals surface area (Å²) < 4.78 is 2.29. The Labute approximate surface area is 161 Å². The number of hydrogen-bond acceptors (Lipinski definition) is 4. The number of aromatic nitrogens is 3. The maximum atomic E-state index is 12.1. The van der Waals surface area contributed by atoms with E-state index in [2.05, 4.69) is 30.4 Å². The topological polar surface area (TPSA) is 87.4 Å². The van der Waals surface area contributed by atoms with E-state index >= 15 is 0 Å². The second-order valence-corrected chi connectivity index (χ2v) is 7.81. The van der Waals surface area contributed by atoms with Crippen LogP contribution in [0.3, 0.4) is 0 Å². The quantitative estimate of drug-likeness (QED) is 0.591. The van der Waals surface area contributed by atoms with Gasteiger partial charge in [0.2, 0.25) is 5.91 Å². The van der Waals surface area contributed by atoms with E-state index in [1.54, 1.807) is 7.05 Å². The number of nitrogens with one attached hydrogen (secondary N) is 2. The molecule has 0 aliphatic carbocycles. The normalized spacial score (nSPS) is 20.5. The lowest BCUT2D eigenvalue weighted by Crippen LogP contribution is -2.45. The van der Waals surface area contributed by atoms with Crippen LogP contribution in [0.25, 0.3) is 0 Å². The molecule has 0 bridgehead atoms. The van der Waals surface area contributed by atoms with E-state index in [1.807, 2.05) is 18.7 Å². The zero-order chi connectivity index (χ0) is 19.2. The Morgan fingerprint density at radius 3 is 2.89 bits per heavy atom. The summed E-state index contributed by atoms with van der Waals surface area (Å²) >= 11 is 0. The maximum Gasteiger partial charge on any atom is 0.225 e. The van der Waals surface area contributed by atoms with Crippen LogP contribution in [0.4, 0.5) is 0 Å². The van der Waals surface area contributed by atoms with E-state index < -0.39 is 0 Å². The molecule has 1 atom stereocenters. The van der Waals surface area contributed by atoms with Crippen molar-refractivity contribution in [3.63, 3.8) is 0 Å². The molecule has 1 unspecified atom stereocenters. The van der Waals surface area contributed by atoms with Gasteiger partial charge in [-0.3, -0.25) is 9.79 Å². The van der Waals surface area contributed by atoms with Crippen molar-refractivity contribution in [3.05, 3.63) is 11.6 Å². The highest BCUT2D eigenvalue weighted by Crippen LogP contribution is 2.15. The Hall–Kier alpha value is -2.12. The number of nitrogens with zero attached hydrogens (tertiary/aromatic N) is 5. The zero-order valence-corrected chi connectivity index (χ0v) is 16.9. The predicted molar refractivity (Wildman–Crippen MR) is 106 cm³/mol. The minimum Gasteiger partial charge on any atom is -0.356 e. The first-order valence-corrected chi connectivity index (χ1v) is 10.3. The van der Waals surface area contributed by atoms with E-state index in [0.717, 1.165) is 63.0 Å². The van der Waals surface area contributed by atoms with Crippen molar-refractivity contribution in [1.82, 2.24) is 30.3 Å². The van der Waals surface area contributed by atoms with Gasteiger partial charge in [0.05, 0.1) is 0 Å². The van der Waals surface area contributed by atoms with Crippen LogP contribution < -0.4 is 10.6 Å². The van der Waals surface area contributed by atoms with Gasteiger partial charge in [0, 0.05) is 58.0 Å². The molecule has 8 nitrogen and oxygen atoms in total.